The molecule has 19 heteroatoms. The van der Waals surface area contributed by atoms with Crippen molar-refractivity contribution in [1.29, 1.82) is 0 Å². The Balaban J connectivity index is 1.87. The molecule has 1 amide bonds. The van der Waals surface area contributed by atoms with Crippen LogP contribution in [0.1, 0.15) is 34.1 Å². The number of methoxy groups -OCH3 is 1. The zero-order valence-corrected chi connectivity index (χ0v) is 30.3. The van der Waals surface area contributed by atoms with Crippen molar-refractivity contribution in [3.05, 3.63) is 0 Å². The van der Waals surface area contributed by atoms with Gasteiger partial charge in [0.15, 0.2) is 12.6 Å². The smallest absolute Gasteiger partial charge is 0.307 e. The average Bonchev–Trinajstić information content (AvgIpc) is 3.08. The molecule has 10 N–H and O–H groups in total. The number of hydrogen-bond acceptors (Lipinski definition) is 18. The Hall–Kier alpha value is -1.66. The summed E-state index contributed by atoms with van der Waals surface area (Å²) in [6.07, 6.45) is -12.9. The van der Waals surface area contributed by atoms with Gasteiger partial charge in [-0.1, -0.05) is 6.92 Å². The second kappa shape index (κ2) is 20.7. The summed E-state index contributed by atoms with van der Waals surface area (Å²) in [6.45, 7) is 5.72. The minimum atomic E-state index is -1.50. The van der Waals surface area contributed by atoms with Crippen LogP contribution in [-0.4, -0.2) is 199 Å². The number of nitrogens with two attached hydrogens (primary N) is 1. The predicted octanol–water partition coefficient (Wildman–Crippen LogP) is -4.62. The number of hydrogen-bond donors (Lipinski definition) is 9. The van der Waals surface area contributed by atoms with E-state index >= 15 is 0 Å². The van der Waals surface area contributed by atoms with Crippen molar-refractivity contribution in [3.63, 3.8) is 0 Å². The lowest BCUT2D eigenvalue weighted by atomic mass is 9.89. The molecule has 0 aliphatic carbocycles. The van der Waals surface area contributed by atoms with Crippen LogP contribution in [0.2, 0.25) is 0 Å². The molecule has 3 aliphatic heterocycles. The highest BCUT2D eigenvalue weighted by atomic mass is 16.7. The number of nitrogens with one attached hydrogen (secondary N) is 2. The summed E-state index contributed by atoms with van der Waals surface area (Å²) < 4.78 is 40.4. The zero-order valence-electron chi connectivity index (χ0n) is 30.3. The number of carbonyl (C=O) groups is 2. The highest BCUT2D eigenvalue weighted by Gasteiger charge is 2.54. The predicted molar refractivity (Wildman–Crippen MR) is 177 cm³/mol. The van der Waals surface area contributed by atoms with Gasteiger partial charge < -0.3 is 80.2 Å². The Morgan fingerprint density at radius 1 is 0.882 bits per heavy atom. The lowest BCUT2D eigenvalue weighted by Crippen LogP contribution is -2.70. The maximum atomic E-state index is 12.1. The molecule has 3 heterocycles. The highest BCUT2D eigenvalue weighted by molar-refractivity contribution is 5.73. The third kappa shape index (κ3) is 11.4. The van der Waals surface area contributed by atoms with Crippen LogP contribution in [0.4, 0.5) is 0 Å². The molecule has 0 aromatic carbocycles. The van der Waals surface area contributed by atoms with Gasteiger partial charge in [0.05, 0.1) is 63.2 Å². The van der Waals surface area contributed by atoms with Crippen LogP contribution in [0.15, 0.2) is 0 Å². The largest absolute Gasteiger partial charge is 0.463 e. The SMILES string of the molecule is COCCOC(=O)CCNC(C)CN(C)C1[C@H](O[C@@H]2C(CO)O[C@@H](C)C(N)[C@H]2O)OC(CO)[C@@H](O[C@@H]2OC(CO)[C@H](C)[C@H](O)C2NC(C)=O)[C@@H]1O. The number of aliphatic hydroxyl groups is 6. The van der Waals surface area contributed by atoms with E-state index < -0.39 is 123 Å². The number of nitrogens with zero attached hydrogens (tertiary/aromatic N) is 1. The van der Waals surface area contributed by atoms with Gasteiger partial charge in [0.1, 0.15) is 49.3 Å². The molecule has 0 aromatic rings. The van der Waals surface area contributed by atoms with E-state index in [-0.39, 0.29) is 32.2 Å². The fourth-order valence-electron chi connectivity index (χ4n) is 6.74. The van der Waals surface area contributed by atoms with Crippen LogP contribution >= 0.6 is 0 Å². The summed E-state index contributed by atoms with van der Waals surface area (Å²) >= 11 is 0. The molecule has 3 rings (SSSR count). The highest BCUT2D eigenvalue weighted by Crippen LogP contribution is 2.34. The zero-order chi connectivity index (χ0) is 38.0. The number of carbonyl (C=O) groups excluding carboxylic acids is 2. The van der Waals surface area contributed by atoms with Crippen molar-refractivity contribution in [2.24, 2.45) is 11.7 Å². The summed E-state index contributed by atoms with van der Waals surface area (Å²) in [4.78, 5) is 25.8. The molecule has 3 saturated heterocycles. The lowest BCUT2D eigenvalue weighted by Gasteiger charge is -2.51. The second-order valence-electron chi connectivity index (χ2n) is 13.6. The van der Waals surface area contributed by atoms with Crippen molar-refractivity contribution < 1.29 is 73.4 Å². The van der Waals surface area contributed by atoms with E-state index in [0.717, 1.165) is 0 Å². The van der Waals surface area contributed by atoms with Crippen LogP contribution in [0.25, 0.3) is 0 Å². The third-order valence-corrected chi connectivity index (χ3v) is 9.70. The number of rotatable bonds is 18. The minimum absolute atomic E-state index is 0.101. The minimum Gasteiger partial charge on any atom is -0.463 e. The molecule has 51 heavy (non-hydrogen) atoms. The first kappa shape index (κ1) is 43.7. The van der Waals surface area contributed by atoms with Gasteiger partial charge in [0.25, 0.3) is 0 Å². The van der Waals surface area contributed by atoms with E-state index in [1.165, 1.54) is 14.0 Å². The van der Waals surface area contributed by atoms with Crippen LogP contribution in [0.5, 0.6) is 0 Å². The maximum Gasteiger partial charge on any atom is 0.307 e. The van der Waals surface area contributed by atoms with Crippen molar-refractivity contribution in [2.75, 3.05) is 60.3 Å². The van der Waals surface area contributed by atoms with E-state index in [4.69, 9.17) is 38.9 Å². The fourth-order valence-corrected chi connectivity index (χ4v) is 6.74. The topological polar surface area (TPSA) is 273 Å². The number of likely N-dealkylation sites (N-methyl/N-ethyl adjacent to an activating group) is 1. The fraction of sp³-hybridized carbons (Fsp3) is 0.938. The van der Waals surface area contributed by atoms with Gasteiger partial charge in [0, 0.05) is 39.1 Å². The van der Waals surface area contributed by atoms with Crippen molar-refractivity contribution in [3.8, 4) is 0 Å². The molecule has 19 nitrogen and oxygen atoms in total. The Kier molecular flexibility index (Phi) is 17.8. The lowest BCUT2D eigenvalue weighted by molar-refractivity contribution is -0.351. The van der Waals surface area contributed by atoms with Gasteiger partial charge in [-0.05, 0) is 20.9 Å². The first-order chi connectivity index (χ1) is 24.2. The summed E-state index contributed by atoms with van der Waals surface area (Å²) in [5.41, 5.74) is 6.17. The van der Waals surface area contributed by atoms with Crippen LogP contribution in [0, 0.1) is 5.92 Å². The average molecular weight is 741 g/mol. The molecule has 0 radical (unpaired) electrons. The molecule has 0 bridgehead atoms. The number of ether oxygens (including phenoxy) is 7. The van der Waals surface area contributed by atoms with Gasteiger partial charge >= 0.3 is 5.97 Å². The van der Waals surface area contributed by atoms with E-state index in [1.54, 1.807) is 25.8 Å². The van der Waals surface area contributed by atoms with E-state index in [1.807, 2.05) is 6.92 Å². The molecule has 298 valence electrons. The molecule has 0 spiro atoms. The van der Waals surface area contributed by atoms with Gasteiger partial charge in [-0.15, -0.1) is 0 Å². The molecule has 3 aliphatic rings. The molecule has 0 aromatic heterocycles. The molecule has 3 fully saturated rings. The summed E-state index contributed by atoms with van der Waals surface area (Å²) in [5, 5.41) is 70.5. The normalized spacial score (nSPS) is 39.5. The Labute approximate surface area is 298 Å². The third-order valence-electron chi connectivity index (χ3n) is 9.70. The molecular weight excluding hydrogens is 680 g/mol. The van der Waals surface area contributed by atoms with Crippen molar-refractivity contribution in [1.82, 2.24) is 15.5 Å². The molecular formula is C32H60N4O15. The number of amides is 1. The van der Waals surface area contributed by atoms with Gasteiger partial charge in [-0.2, -0.15) is 0 Å². The summed E-state index contributed by atoms with van der Waals surface area (Å²) in [7, 11) is 3.18. The molecule has 0 saturated carbocycles. The van der Waals surface area contributed by atoms with Gasteiger partial charge in [-0.3, -0.25) is 14.5 Å². The Bertz CT molecular complexity index is 1060. The van der Waals surface area contributed by atoms with E-state index in [9.17, 15) is 40.2 Å². The van der Waals surface area contributed by atoms with Crippen LogP contribution < -0.4 is 16.4 Å². The van der Waals surface area contributed by atoms with Crippen LogP contribution in [0.3, 0.4) is 0 Å². The number of esters is 1. The Morgan fingerprint density at radius 2 is 1.47 bits per heavy atom. The van der Waals surface area contributed by atoms with Gasteiger partial charge in [-0.25, -0.2) is 0 Å². The molecule has 7 unspecified atom stereocenters. The Morgan fingerprint density at radius 3 is 2.08 bits per heavy atom. The number of aliphatic hydroxyl groups excluding tert-OH is 6. The first-order valence-corrected chi connectivity index (χ1v) is 17.4. The van der Waals surface area contributed by atoms with Crippen molar-refractivity contribution in [2.45, 2.75) is 126 Å². The van der Waals surface area contributed by atoms with E-state index in [0.29, 0.717) is 6.54 Å². The quantitative estimate of drug-likeness (QED) is 0.0472. The standard InChI is InChI=1S/C32H60N4O15/c1-15(34-8-7-22(41)46-10-9-45-6)11-36(5)25-28(44)30(50-31-24(35-18(4)40)26(42)16(2)19(12-37)48-31)21(14-39)49-32(25)51-29-20(13-38)47-17(3)23(33)27(29)43/h15-17,19-21,23-32,34,37-39,42-44H,7-14,33H2,1-6H3,(H,35,40)/t15?,16-,17-,19?,20?,21?,23?,24?,25?,26-,27+,28+,29+,30+,31-,32-/m0/s1. The van der Waals surface area contributed by atoms with Crippen molar-refractivity contribution >= 4 is 11.9 Å². The first-order valence-electron chi connectivity index (χ1n) is 17.4. The van der Waals surface area contributed by atoms with Crippen LogP contribution in [-0.2, 0) is 42.7 Å². The van der Waals surface area contributed by atoms with E-state index in [2.05, 4.69) is 10.6 Å². The molecule has 16 atom stereocenters. The maximum absolute atomic E-state index is 12.1. The second-order valence-corrected chi connectivity index (χ2v) is 13.6. The summed E-state index contributed by atoms with van der Waals surface area (Å²) in [6, 6.07) is -3.31. The monoisotopic (exact) mass is 740 g/mol. The van der Waals surface area contributed by atoms with Gasteiger partial charge in [0.2, 0.25) is 5.91 Å². The summed E-state index contributed by atoms with van der Waals surface area (Å²) in [5.74, 6) is -1.48.